The smallest absolute Gasteiger partial charge is 0.266 e. The van der Waals surface area contributed by atoms with Crippen LogP contribution in [0.15, 0.2) is 29.7 Å². The van der Waals surface area contributed by atoms with Gasteiger partial charge in [0.25, 0.3) is 5.91 Å². The molecule has 0 unspecified atom stereocenters. The van der Waals surface area contributed by atoms with Crippen LogP contribution in [0, 0.1) is 3.57 Å². The third-order valence-electron chi connectivity index (χ3n) is 4.18. The molecule has 2 aliphatic heterocycles. The Bertz CT molecular complexity index is 790. The highest BCUT2D eigenvalue weighted by Crippen LogP contribution is 2.37. The summed E-state index contributed by atoms with van der Waals surface area (Å²) in [6, 6.07) is 3.81. The quantitative estimate of drug-likeness (QED) is 0.234. The number of carbonyl (C=O) groups excluding carboxylic acids is 1. The molecular formula is C19H20INO4S2. The van der Waals surface area contributed by atoms with Gasteiger partial charge in [0, 0.05) is 6.61 Å². The van der Waals surface area contributed by atoms with E-state index in [0.717, 1.165) is 28.6 Å². The lowest BCUT2D eigenvalue weighted by atomic mass is 10.1. The number of rotatable bonds is 7. The zero-order valence-electron chi connectivity index (χ0n) is 14.9. The number of benzene rings is 1. The standard InChI is InChI=1S/C19H20INO4S2/c1-3-6-25-17-14(20)8-12(9-15(17)23-2)10-16-18(22)21(19(26)27-16)11-13-5-4-7-24-13/h3,8-10,13H,1,4-7,11H2,2H3/b16-10-/t13-/m1/s1. The average Bonchev–Trinajstić information content (AvgIpc) is 3.25. The molecule has 144 valence electrons. The first-order chi connectivity index (χ1) is 13.0. The summed E-state index contributed by atoms with van der Waals surface area (Å²) in [5.41, 5.74) is 0.861. The largest absolute Gasteiger partial charge is 0.493 e. The van der Waals surface area contributed by atoms with E-state index in [2.05, 4.69) is 29.2 Å². The van der Waals surface area contributed by atoms with Crippen molar-refractivity contribution in [3.8, 4) is 11.5 Å². The van der Waals surface area contributed by atoms with E-state index in [1.807, 2.05) is 18.2 Å². The van der Waals surface area contributed by atoms with Gasteiger partial charge in [0.1, 0.15) is 10.9 Å². The number of hydrogen-bond donors (Lipinski definition) is 0. The van der Waals surface area contributed by atoms with Crippen LogP contribution in [0.25, 0.3) is 6.08 Å². The molecule has 0 aliphatic carbocycles. The van der Waals surface area contributed by atoms with Gasteiger partial charge in [-0.3, -0.25) is 9.69 Å². The minimum atomic E-state index is -0.0681. The van der Waals surface area contributed by atoms with Crippen molar-refractivity contribution < 1.29 is 19.0 Å². The van der Waals surface area contributed by atoms with Crippen LogP contribution in [0.2, 0.25) is 0 Å². The third kappa shape index (κ3) is 4.85. The lowest BCUT2D eigenvalue weighted by Crippen LogP contribution is -2.35. The predicted octanol–water partition coefficient (Wildman–Crippen LogP) is 4.24. The molecule has 5 nitrogen and oxygen atoms in total. The predicted molar refractivity (Wildman–Crippen MR) is 120 cm³/mol. The molecular weight excluding hydrogens is 497 g/mol. The molecule has 27 heavy (non-hydrogen) atoms. The highest BCUT2D eigenvalue weighted by atomic mass is 127. The number of carbonyl (C=O) groups is 1. The number of thiocarbonyl (C=S) groups is 1. The van der Waals surface area contributed by atoms with Gasteiger partial charge in [-0.2, -0.15) is 0 Å². The zero-order chi connectivity index (χ0) is 19.4. The molecule has 1 aromatic rings. The summed E-state index contributed by atoms with van der Waals surface area (Å²) >= 11 is 8.92. The highest BCUT2D eigenvalue weighted by molar-refractivity contribution is 14.1. The monoisotopic (exact) mass is 517 g/mol. The fourth-order valence-corrected chi connectivity index (χ4v) is 4.96. The molecule has 0 N–H and O–H groups in total. The van der Waals surface area contributed by atoms with Gasteiger partial charge in [0.05, 0.1) is 28.2 Å². The van der Waals surface area contributed by atoms with Gasteiger partial charge in [0.2, 0.25) is 0 Å². The first-order valence-corrected chi connectivity index (χ1v) is 10.8. The fourth-order valence-electron chi connectivity index (χ4n) is 2.91. The van der Waals surface area contributed by atoms with E-state index in [4.69, 9.17) is 26.4 Å². The van der Waals surface area contributed by atoms with Gasteiger partial charge in [-0.25, -0.2) is 0 Å². The molecule has 1 amide bonds. The van der Waals surface area contributed by atoms with Gasteiger partial charge >= 0.3 is 0 Å². The molecule has 0 spiro atoms. The maximum absolute atomic E-state index is 12.8. The molecule has 0 saturated carbocycles. The van der Waals surface area contributed by atoms with E-state index in [1.165, 1.54) is 11.8 Å². The number of nitrogens with zero attached hydrogens (tertiary/aromatic N) is 1. The Hall–Kier alpha value is -1.10. The third-order valence-corrected chi connectivity index (χ3v) is 6.36. The Morgan fingerprint density at radius 1 is 1.52 bits per heavy atom. The molecule has 8 heteroatoms. The Kier molecular flexibility index (Phi) is 7.18. The van der Waals surface area contributed by atoms with E-state index < -0.39 is 0 Å². The molecule has 0 aromatic heterocycles. The Morgan fingerprint density at radius 3 is 3.00 bits per heavy atom. The summed E-state index contributed by atoms with van der Waals surface area (Å²) in [5.74, 6) is 1.22. The SMILES string of the molecule is C=CCOc1c(I)cc(/C=C2\SC(=S)N(C[C@H]3CCCO3)C2=O)cc1OC. The van der Waals surface area contributed by atoms with Gasteiger partial charge in [-0.15, -0.1) is 0 Å². The summed E-state index contributed by atoms with van der Waals surface area (Å²) in [6.45, 7) is 5.34. The Morgan fingerprint density at radius 2 is 2.33 bits per heavy atom. The number of halogens is 1. The fraction of sp³-hybridized carbons (Fsp3) is 0.368. The van der Waals surface area contributed by atoms with Crippen LogP contribution in [0.4, 0.5) is 0 Å². The second kappa shape index (κ2) is 9.40. The minimum absolute atomic E-state index is 0.0681. The van der Waals surface area contributed by atoms with Gasteiger partial charge in [-0.1, -0.05) is 36.6 Å². The molecule has 0 bridgehead atoms. The summed E-state index contributed by atoms with van der Waals surface area (Å²) in [6.07, 6.45) is 5.61. The van der Waals surface area contributed by atoms with Crippen molar-refractivity contribution in [3.05, 3.63) is 38.8 Å². The van der Waals surface area contributed by atoms with Crippen LogP contribution in [0.5, 0.6) is 11.5 Å². The van der Waals surface area contributed by atoms with Crippen molar-refractivity contribution in [1.29, 1.82) is 0 Å². The van der Waals surface area contributed by atoms with E-state index in [0.29, 0.717) is 33.9 Å². The van der Waals surface area contributed by atoms with E-state index in [-0.39, 0.29) is 12.0 Å². The van der Waals surface area contributed by atoms with Crippen molar-refractivity contribution in [2.24, 2.45) is 0 Å². The molecule has 1 atom stereocenters. The Balaban J connectivity index is 1.81. The number of ether oxygens (including phenoxy) is 3. The molecule has 2 heterocycles. The van der Waals surface area contributed by atoms with Crippen molar-refractivity contribution in [2.75, 3.05) is 26.9 Å². The molecule has 3 rings (SSSR count). The average molecular weight is 517 g/mol. The topological polar surface area (TPSA) is 48.0 Å². The summed E-state index contributed by atoms with van der Waals surface area (Å²) in [5, 5.41) is 0. The van der Waals surface area contributed by atoms with Crippen LogP contribution >= 0.6 is 46.6 Å². The second-order valence-corrected chi connectivity index (χ2v) is 8.90. The van der Waals surface area contributed by atoms with Crippen LogP contribution in [0.1, 0.15) is 18.4 Å². The van der Waals surface area contributed by atoms with Crippen molar-refractivity contribution in [1.82, 2.24) is 4.90 Å². The van der Waals surface area contributed by atoms with Gasteiger partial charge < -0.3 is 14.2 Å². The van der Waals surface area contributed by atoms with E-state index in [9.17, 15) is 4.79 Å². The molecule has 2 fully saturated rings. The maximum atomic E-state index is 12.8. The molecule has 1 aromatic carbocycles. The van der Waals surface area contributed by atoms with E-state index >= 15 is 0 Å². The summed E-state index contributed by atoms with van der Waals surface area (Å²) in [7, 11) is 1.59. The van der Waals surface area contributed by atoms with Crippen LogP contribution in [0.3, 0.4) is 0 Å². The molecule has 2 aliphatic rings. The summed E-state index contributed by atoms with van der Waals surface area (Å²) in [4.78, 5) is 15.0. The van der Waals surface area contributed by atoms with Crippen molar-refractivity contribution in [2.45, 2.75) is 18.9 Å². The maximum Gasteiger partial charge on any atom is 0.266 e. The molecule has 0 radical (unpaired) electrons. The highest BCUT2D eigenvalue weighted by Gasteiger charge is 2.34. The lowest BCUT2D eigenvalue weighted by Gasteiger charge is -2.18. The number of methoxy groups -OCH3 is 1. The van der Waals surface area contributed by atoms with Crippen LogP contribution < -0.4 is 9.47 Å². The van der Waals surface area contributed by atoms with E-state index in [1.54, 1.807) is 18.1 Å². The number of thioether (sulfide) groups is 1. The first-order valence-electron chi connectivity index (χ1n) is 8.51. The Labute approximate surface area is 182 Å². The number of hydrogen-bond acceptors (Lipinski definition) is 6. The van der Waals surface area contributed by atoms with Crippen LogP contribution in [-0.2, 0) is 9.53 Å². The number of amides is 1. The first kappa shape index (κ1) is 20.6. The normalized spacial score (nSPS) is 21.2. The summed E-state index contributed by atoms with van der Waals surface area (Å²) < 4.78 is 18.2. The molecule has 2 saturated heterocycles. The second-order valence-electron chi connectivity index (χ2n) is 6.06. The zero-order valence-corrected chi connectivity index (χ0v) is 18.7. The van der Waals surface area contributed by atoms with Gasteiger partial charge in [-0.05, 0) is 59.2 Å². The minimum Gasteiger partial charge on any atom is -0.493 e. The van der Waals surface area contributed by atoms with Crippen LogP contribution in [-0.4, -0.2) is 48.1 Å². The van der Waals surface area contributed by atoms with Crippen molar-refractivity contribution in [3.63, 3.8) is 0 Å². The van der Waals surface area contributed by atoms with Gasteiger partial charge in [0.15, 0.2) is 11.5 Å². The van der Waals surface area contributed by atoms with Crippen molar-refractivity contribution >= 4 is 62.9 Å². The lowest BCUT2D eigenvalue weighted by molar-refractivity contribution is -0.123.